The van der Waals surface area contributed by atoms with Crippen LogP contribution in [0.1, 0.15) is 24.4 Å². The predicted molar refractivity (Wildman–Crippen MR) is 84.6 cm³/mol. The van der Waals surface area contributed by atoms with Crippen molar-refractivity contribution in [3.63, 3.8) is 0 Å². The highest BCUT2D eigenvalue weighted by Gasteiger charge is 2.30. The molecule has 0 radical (unpaired) electrons. The van der Waals surface area contributed by atoms with Crippen LogP contribution in [0.2, 0.25) is 0 Å². The van der Waals surface area contributed by atoms with Gasteiger partial charge in [0.1, 0.15) is 11.1 Å². The first-order chi connectivity index (χ1) is 11.3. The highest BCUT2D eigenvalue weighted by Crippen LogP contribution is 2.41. The van der Waals surface area contributed by atoms with Crippen molar-refractivity contribution in [1.29, 1.82) is 5.26 Å². The summed E-state index contributed by atoms with van der Waals surface area (Å²) in [7, 11) is 0. The molecule has 0 spiro atoms. The Bertz CT molecular complexity index is 862. The minimum atomic E-state index is 0.445. The summed E-state index contributed by atoms with van der Waals surface area (Å²) in [5.74, 6) is 0.844. The third-order valence-electron chi connectivity index (χ3n) is 3.56. The topological polar surface area (TPSA) is 80.3 Å². The first kappa shape index (κ1) is 13.9. The normalized spacial score (nSPS) is 13.7. The molecular formula is C16H12N6S. The largest absolute Gasteiger partial charge is 0.299 e. The molecule has 1 aliphatic rings. The summed E-state index contributed by atoms with van der Waals surface area (Å²) in [4.78, 5) is 8.46. The summed E-state index contributed by atoms with van der Waals surface area (Å²) in [6.07, 6.45) is 7.40. The van der Waals surface area contributed by atoms with E-state index in [9.17, 15) is 0 Å². The van der Waals surface area contributed by atoms with Crippen molar-refractivity contribution in [2.24, 2.45) is 0 Å². The molecule has 0 saturated heterocycles. The fraction of sp³-hybridized carbons (Fsp3) is 0.188. The molecule has 0 aliphatic heterocycles. The van der Waals surface area contributed by atoms with Crippen molar-refractivity contribution in [3.8, 4) is 17.5 Å². The number of pyridine rings is 2. The molecule has 3 aromatic rings. The molecule has 1 saturated carbocycles. The lowest BCUT2D eigenvalue weighted by Gasteiger charge is -2.08. The van der Waals surface area contributed by atoms with Crippen molar-refractivity contribution in [2.75, 3.05) is 0 Å². The van der Waals surface area contributed by atoms with Crippen LogP contribution in [-0.2, 0) is 0 Å². The van der Waals surface area contributed by atoms with Gasteiger partial charge in [-0.3, -0.25) is 9.55 Å². The second-order valence-electron chi connectivity index (χ2n) is 5.25. The monoisotopic (exact) mass is 320 g/mol. The molecular weight excluding hydrogens is 308 g/mol. The van der Waals surface area contributed by atoms with Gasteiger partial charge in [0.15, 0.2) is 11.0 Å². The Kier molecular flexibility index (Phi) is 3.52. The average molecular weight is 320 g/mol. The standard InChI is InChI=1S/C16H12N6S/c17-8-11-3-6-14(19-9-11)23-16-21-20-15(22(16)13-4-5-13)12-2-1-7-18-10-12/h1-3,6-7,9-10,13H,4-5H2. The quantitative estimate of drug-likeness (QED) is 0.735. The van der Waals surface area contributed by atoms with Gasteiger partial charge in [0, 0.05) is 30.2 Å². The van der Waals surface area contributed by atoms with Crippen molar-refractivity contribution in [3.05, 3.63) is 48.4 Å². The number of rotatable bonds is 4. The van der Waals surface area contributed by atoms with Crippen LogP contribution in [0, 0.1) is 11.3 Å². The van der Waals surface area contributed by atoms with Gasteiger partial charge in [-0.05, 0) is 48.9 Å². The second-order valence-corrected chi connectivity index (χ2v) is 6.24. The minimum absolute atomic E-state index is 0.445. The first-order valence-electron chi connectivity index (χ1n) is 7.24. The maximum atomic E-state index is 8.84. The molecule has 0 bridgehead atoms. The van der Waals surface area contributed by atoms with Gasteiger partial charge in [-0.2, -0.15) is 5.26 Å². The van der Waals surface area contributed by atoms with Crippen LogP contribution in [0.25, 0.3) is 11.4 Å². The number of nitrogens with zero attached hydrogens (tertiary/aromatic N) is 6. The van der Waals surface area contributed by atoms with Gasteiger partial charge >= 0.3 is 0 Å². The van der Waals surface area contributed by atoms with Gasteiger partial charge in [0.2, 0.25) is 0 Å². The van der Waals surface area contributed by atoms with Crippen LogP contribution in [0.4, 0.5) is 0 Å². The van der Waals surface area contributed by atoms with E-state index in [2.05, 4.69) is 30.8 Å². The fourth-order valence-corrected chi connectivity index (χ4v) is 3.14. The highest BCUT2D eigenvalue weighted by molar-refractivity contribution is 7.99. The van der Waals surface area contributed by atoms with Crippen molar-refractivity contribution < 1.29 is 0 Å². The van der Waals surface area contributed by atoms with E-state index < -0.39 is 0 Å². The highest BCUT2D eigenvalue weighted by atomic mass is 32.2. The molecule has 6 nitrogen and oxygen atoms in total. The molecule has 3 heterocycles. The Morgan fingerprint density at radius 1 is 1.17 bits per heavy atom. The number of nitriles is 1. The molecule has 4 rings (SSSR count). The van der Waals surface area contributed by atoms with E-state index in [0.717, 1.165) is 34.4 Å². The van der Waals surface area contributed by atoms with E-state index in [4.69, 9.17) is 5.26 Å². The van der Waals surface area contributed by atoms with Crippen LogP contribution in [0.3, 0.4) is 0 Å². The SMILES string of the molecule is N#Cc1ccc(Sc2nnc(-c3cccnc3)n2C2CC2)nc1. The summed E-state index contributed by atoms with van der Waals surface area (Å²) in [6.45, 7) is 0. The van der Waals surface area contributed by atoms with Crippen LogP contribution >= 0.6 is 11.8 Å². The van der Waals surface area contributed by atoms with Crippen molar-refractivity contribution >= 4 is 11.8 Å². The fourth-order valence-electron chi connectivity index (χ4n) is 2.30. The molecule has 0 unspecified atom stereocenters. The molecule has 0 atom stereocenters. The second kappa shape index (κ2) is 5.82. The van der Waals surface area contributed by atoms with Crippen LogP contribution in [0.15, 0.2) is 53.0 Å². The van der Waals surface area contributed by atoms with Gasteiger partial charge in [-0.1, -0.05) is 0 Å². The van der Waals surface area contributed by atoms with E-state index in [1.54, 1.807) is 24.7 Å². The molecule has 0 amide bonds. The zero-order valence-corrected chi connectivity index (χ0v) is 12.9. The van der Waals surface area contributed by atoms with Gasteiger partial charge in [0.25, 0.3) is 0 Å². The van der Waals surface area contributed by atoms with E-state index in [1.807, 2.05) is 18.2 Å². The summed E-state index contributed by atoms with van der Waals surface area (Å²) in [6, 6.07) is 10.00. The van der Waals surface area contributed by atoms with Gasteiger partial charge in [-0.15, -0.1) is 10.2 Å². The lowest BCUT2D eigenvalue weighted by Crippen LogP contribution is -2.00. The Balaban J connectivity index is 1.69. The maximum Gasteiger partial charge on any atom is 0.198 e. The lowest BCUT2D eigenvalue weighted by molar-refractivity contribution is 0.668. The van der Waals surface area contributed by atoms with E-state index >= 15 is 0 Å². The van der Waals surface area contributed by atoms with Crippen molar-refractivity contribution in [2.45, 2.75) is 29.1 Å². The van der Waals surface area contributed by atoms with Gasteiger partial charge in [-0.25, -0.2) is 4.98 Å². The molecule has 7 heteroatoms. The summed E-state index contributed by atoms with van der Waals surface area (Å²) in [5, 5.41) is 19.2. The van der Waals surface area contributed by atoms with E-state index in [-0.39, 0.29) is 0 Å². The average Bonchev–Trinajstić information content (AvgIpc) is 3.37. The van der Waals surface area contributed by atoms with Crippen LogP contribution < -0.4 is 0 Å². The first-order valence-corrected chi connectivity index (χ1v) is 8.06. The summed E-state index contributed by atoms with van der Waals surface area (Å²) in [5.41, 5.74) is 1.51. The summed E-state index contributed by atoms with van der Waals surface area (Å²) >= 11 is 1.47. The third kappa shape index (κ3) is 2.81. The Morgan fingerprint density at radius 3 is 2.74 bits per heavy atom. The Labute approximate surface area is 137 Å². The zero-order chi connectivity index (χ0) is 15.6. The molecule has 112 valence electrons. The number of hydrogen-bond donors (Lipinski definition) is 0. The van der Waals surface area contributed by atoms with E-state index in [1.165, 1.54) is 11.8 Å². The minimum Gasteiger partial charge on any atom is -0.299 e. The van der Waals surface area contributed by atoms with Crippen LogP contribution in [-0.4, -0.2) is 24.7 Å². The zero-order valence-electron chi connectivity index (χ0n) is 12.1. The lowest BCUT2D eigenvalue weighted by atomic mass is 10.3. The van der Waals surface area contributed by atoms with E-state index in [0.29, 0.717) is 11.6 Å². The Hall–Kier alpha value is -2.72. The van der Waals surface area contributed by atoms with Crippen molar-refractivity contribution in [1.82, 2.24) is 24.7 Å². The number of hydrogen-bond acceptors (Lipinski definition) is 6. The molecule has 1 aliphatic carbocycles. The molecule has 0 aromatic carbocycles. The smallest absolute Gasteiger partial charge is 0.198 e. The predicted octanol–water partition coefficient (Wildman–Crippen LogP) is 3.09. The third-order valence-corrected chi connectivity index (χ3v) is 4.47. The van der Waals surface area contributed by atoms with Gasteiger partial charge < -0.3 is 0 Å². The van der Waals surface area contributed by atoms with Gasteiger partial charge in [0.05, 0.1) is 5.56 Å². The Morgan fingerprint density at radius 2 is 2.09 bits per heavy atom. The number of aromatic nitrogens is 5. The molecule has 23 heavy (non-hydrogen) atoms. The molecule has 0 N–H and O–H groups in total. The molecule has 1 fully saturated rings. The maximum absolute atomic E-state index is 8.84. The van der Waals surface area contributed by atoms with Crippen LogP contribution in [0.5, 0.6) is 0 Å². The molecule has 3 aromatic heterocycles. The summed E-state index contributed by atoms with van der Waals surface area (Å²) < 4.78 is 2.17.